The van der Waals surface area contributed by atoms with Gasteiger partial charge in [-0.3, -0.25) is 4.79 Å². The zero-order valence-corrected chi connectivity index (χ0v) is 16.0. The molecule has 2 N–H and O–H groups in total. The zero-order chi connectivity index (χ0) is 17.6. The van der Waals surface area contributed by atoms with Gasteiger partial charge >= 0.3 is 0 Å². The van der Waals surface area contributed by atoms with Crippen LogP contribution in [0.5, 0.6) is 0 Å². The number of ether oxygens (including phenoxy) is 1. The van der Waals surface area contributed by atoms with Crippen LogP contribution >= 0.6 is 11.3 Å². The first kappa shape index (κ1) is 18.8. The van der Waals surface area contributed by atoms with Gasteiger partial charge in [0.15, 0.2) is 0 Å². The molecule has 3 rings (SSSR count). The molecule has 1 saturated carbocycles. The summed E-state index contributed by atoms with van der Waals surface area (Å²) in [6.45, 7) is 4.22. The number of aromatic nitrogens is 1. The Morgan fingerprint density at radius 3 is 2.68 bits per heavy atom. The van der Waals surface area contributed by atoms with Crippen molar-refractivity contribution in [2.45, 2.75) is 69.9 Å². The van der Waals surface area contributed by atoms with E-state index < -0.39 is 6.04 Å². The van der Waals surface area contributed by atoms with E-state index >= 15 is 0 Å². The summed E-state index contributed by atoms with van der Waals surface area (Å²) in [4.78, 5) is 19.0. The largest absolute Gasteiger partial charge is 0.376 e. The summed E-state index contributed by atoms with van der Waals surface area (Å²) < 4.78 is 5.95. The molecule has 25 heavy (non-hydrogen) atoms. The van der Waals surface area contributed by atoms with E-state index in [9.17, 15) is 4.79 Å². The molecule has 2 fully saturated rings. The third-order valence-corrected chi connectivity index (χ3v) is 6.66. The molecule has 2 atom stereocenters. The summed E-state index contributed by atoms with van der Waals surface area (Å²) in [7, 11) is 0. The number of carbonyl (C=O) groups is 1. The average Bonchev–Trinajstić information content (AvgIpc) is 3.20. The molecule has 1 saturated heterocycles. The van der Waals surface area contributed by atoms with E-state index in [1.54, 1.807) is 11.3 Å². The van der Waals surface area contributed by atoms with Gasteiger partial charge in [-0.2, -0.15) is 0 Å². The van der Waals surface area contributed by atoms with Gasteiger partial charge in [-0.05, 0) is 38.5 Å². The molecule has 1 aromatic rings. The highest BCUT2D eigenvalue weighted by atomic mass is 32.1. The Kier molecular flexibility index (Phi) is 6.84. The fraction of sp³-hybridized carbons (Fsp3) is 0.789. The topological polar surface area (TPSA) is 68.5 Å². The van der Waals surface area contributed by atoms with E-state index in [1.165, 1.54) is 37.1 Å². The van der Waals surface area contributed by atoms with Crippen LogP contribution in [0.4, 0.5) is 0 Å². The second-order valence-corrected chi connectivity index (χ2v) is 8.46. The molecule has 5 nitrogen and oxygen atoms in total. The number of nitrogens with two attached hydrogens (primary N) is 1. The summed E-state index contributed by atoms with van der Waals surface area (Å²) in [5, 5.41) is 3.22. The summed E-state index contributed by atoms with van der Waals surface area (Å²) >= 11 is 1.71. The van der Waals surface area contributed by atoms with E-state index in [2.05, 4.69) is 4.98 Å². The average molecular weight is 366 g/mol. The van der Waals surface area contributed by atoms with E-state index in [1.807, 2.05) is 23.4 Å². The first-order valence-corrected chi connectivity index (χ1v) is 10.6. The molecule has 1 aliphatic carbocycles. The van der Waals surface area contributed by atoms with Crippen molar-refractivity contribution in [2.24, 2.45) is 11.7 Å². The summed E-state index contributed by atoms with van der Waals surface area (Å²) in [5.74, 6) is 1.17. The van der Waals surface area contributed by atoms with Crippen LogP contribution in [0, 0.1) is 5.92 Å². The van der Waals surface area contributed by atoms with Crippen LogP contribution < -0.4 is 5.73 Å². The predicted octanol–water partition coefficient (Wildman–Crippen LogP) is 3.16. The van der Waals surface area contributed by atoms with E-state index in [0.717, 1.165) is 32.5 Å². The number of thiazole rings is 1. The second-order valence-electron chi connectivity index (χ2n) is 7.54. The lowest BCUT2D eigenvalue weighted by Crippen LogP contribution is -2.52. The minimum Gasteiger partial charge on any atom is -0.376 e. The molecule has 0 spiro atoms. The molecular weight excluding hydrogens is 334 g/mol. The van der Waals surface area contributed by atoms with Gasteiger partial charge in [-0.15, -0.1) is 11.3 Å². The Hall–Kier alpha value is -0.980. The van der Waals surface area contributed by atoms with Crippen LogP contribution in [0.25, 0.3) is 0 Å². The number of nitrogens with zero attached hydrogens (tertiary/aromatic N) is 2. The Morgan fingerprint density at radius 1 is 1.32 bits per heavy atom. The van der Waals surface area contributed by atoms with Crippen LogP contribution in [0.2, 0.25) is 0 Å². The molecule has 2 aliphatic rings. The molecule has 0 aromatic carbocycles. The van der Waals surface area contributed by atoms with Gasteiger partial charge in [0, 0.05) is 37.2 Å². The summed E-state index contributed by atoms with van der Waals surface area (Å²) in [5.41, 5.74) is 6.21. The van der Waals surface area contributed by atoms with Gasteiger partial charge in [0.05, 0.1) is 11.1 Å². The maximum absolute atomic E-state index is 12.7. The fourth-order valence-electron chi connectivity index (χ4n) is 3.94. The predicted molar refractivity (Wildman–Crippen MR) is 101 cm³/mol. The molecule has 140 valence electrons. The highest BCUT2D eigenvalue weighted by Gasteiger charge is 2.31. The molecule has 0 bridgehead atoms. The van der Waals surface area contributed by atoms with Gasteiger partial charge in [0.2, 0.25) is 5.91 Å². The highest BCUT2D eigenvalue weighted by Crippen LogP contribution is 2.29. The summed E-state index contributed by atoms with van der Waals surface area (Å²) in [6, 6.07) is -0.556. The van der Waals surface area contributed by atoms with Crippen molar-refractivity contribution in [3.05, 3.63) is 16.6 Å². The number of rotatable bonds is 6. The molecule has 0 radical (unpaired) electrons. The number of hydrogen-bond donors (Lipinski definition) is 1. The SMILES string of the molecule is C[C@@H](OCC1CCCCC1)[C@H](N)C(=O)N1CCC(c2nccs2)CC1. The number of hydrogen-bond acceptors (Lipinski definition) is 5. The van der Waals surface area contributed by atoms with E-state index in [4.69, 9.17) is 10.5 Å². The number of amides is 1. The van der Waals surface area contributed by atoms with Crippen molar-refractivity contribution < 1.29 is 9.53 Å². The van der Waals surface area contributed by atoms with Crippen LogP contribution in [-0.4, -0.2) is 47.6 Å². The lowest BCUT2D eigenvalue weighted by atomic mass is 9.90. The lowest BCUT2D eigenvalue weighted by molar-refractivity contribution is -0.137. The molecule has 1 aromatic heterocycles. The number of piperidine rings is 1. The van der Waals surface area contributed by atoms with Crippen LogP contribution in [0.3, 0.4) is 0 Å². The summed E-state index contributed by atoms with van der Waals surface area (Å²) in [6.07, 6.45) is 10.1. The first-order valence-electron chi connectivity index (χ1n) is 9.70. The lowest BCUT2D eigenvalue weighted by Gasteiger charge is -2.34. The smallest absolute Gasteiger partial charge is 0.242 e. The molecular formula is C19H31N3O2S. The van der Waals surface area contributed by atoms with E-state index in [-0.39, 0.29) is 12.0 Å². The van der Waals surface area contributed by atoms with Crippen LogP contribution in [0.15, 0.2) is 11.6 Å². The monoisotopic (exact) mass is 365 g/mol. The van der Waals surface area contributed by atoms with Gasteiger partial charge in [-0.1, -0.05) is 19.3 Å². The maximum Gasteiger partial charge on any atom is 0.242 e. The zero-order valence-electron chi connectivity index (χ0n) is 15.2. The van der Waals surface area contributed by atoms with Gasteiger partial charge in [0.1, 0.15) is 6.04 Å². The Morgan fingerprint density at radius 2 is 2.04 bits per heavy atom. The van der Waals surface area contributed by atoms with Crippen molar-refractivity contribution in [3.8, 4) is 0 Å². The van der Waals surface area contributed by atoms with Crippen LogP contribution in [-0.2, 0) is 9.53 Å². The van der Waals surface area contributed by atoms with Crippen molar-refractivity contribution >= 4 is 17.2 Å². The van der Waals surface area contributed by atoms with Crippen molar-refractivity contribution in [1.82, 2.24) is 9.88 Å². The number of likely N-dealkylation sites (tertiary alicyclic amines) is 1. The second kappa shape index (κ2) is 9.10. The minimum absolute atomic E-state index is 0.0359. The fourth-order valence-corrected chi connectivity index (χ4v) is 4.75. The normalized spacial score (nSPS) is 22.7. The Bertz CT molecular complexity index is 523. The minimum atomic E-state index is -0.556. The van der Waals surface area contributed by atoms with Gasteiger partial charge in [-0.25, -0.2) is 4.98 Å². The third-order valence-electron chi connectivity index (χ3n) is 5.72. The maximum atomic E-state index is 12.7. The molecule has 0 unspecified atom stereocenters. The molecule has 6 heteroatoms. The van der Waals surface area contributed by atoms with Crippen molar-refractivity contribution in [2.75, 3.05) is 19.7 Å². The molecule has 1 aliphatic heterocycles. The quantitative estimate of drug-likeness (QED) is 0.841. The molecule has 2 heterocycles. The number of carbonyl (C=O) groups excluding carboxylic acids is 1. The standard InChI is InChI=1S/C19H31N3O2S/c1-14(24-13-15-5-3-2-4-6-15)17(20)19(23)22-10-7-16(8-11-22)18-21-9-12-25-18/h9,12,14-17H,2-8,10-11,13,20H2,1H3/t14-,17+/m1/s1. The highest BCUT2D eigenvalue weighted by molar-refractivity contribution is 7.09. The third kappa shape index (κ3) is 5.02. The van der Waals surface area contributed by atoms with Gasteiger partial charge in [0.25, 0.3) is 0 Å². The Labute approximate surface area is 154 Å². The Balaban J connectivity index is 1.42. The van der Waals surface area contributed by atoms with Crippen LogP contribution in [0.1, 0.15) is 62.8 Å². The molecule has 1 amide bonds. The van der Waals surface area contributed by atoms with Gasteiger partial charge < -0.3 is 15.4 Å². The van der Waals surface area contributed by atoms with Crippen molar-refractivity contribution in [3.63, 3.8) is 0 Å². The van der Waals surface area contributed by atoms with E-state index in [0.29, 0.717) is 11.8 Å². The first-order chi connectivity index (χ1) is 12.1. The van der Waals surface area contributed by atoms with Crippen molar-refractivity contribution in [1.29, 1.82) is 0 Å².